The lowest BCUT2D eigenvalue weighted by molar-refractivity contribution is -0.384. The van der Waals surface area contributed by atoms with Crippen LogP contribution in [0.25, 0.3) is 6.08 Å². The molecule has 0 heterocycles. The molecule has 0 fully saturated rings. The van der Waals surface area contributed by atoms with Gasteiger partial charge in [-0.1, -0.05) is 41.4 Å². The van der Waals surface area contributed by atoms with Crippen LogP contribution in [-0.2, 0) is 10.5 Å². The van der Waals surface area contributed by atoms with Crippen molar-refractivity contribution in [2.24, 2.45) is 0 Å². The molecule has 0 unspecified atom stereocenters. The highest BCUT2D eigenvalue weighted by molar-refractivity contribution is 7.98. The number of rotatable bonds is 8. The molecule has 0 saturated heterocycles. The molecular formula is C18H16Cl2N2O3S. The van der Waals surface area contributed by atoms with Crippen molar-refractivity contribution in [3.05, 3.63) is 79.8 Å². The van der Waals surface area contributed by atoms with Crippen molar-refractivity contribution >= 4 is 52.6 Å². The normalized spacial score (nSPS) is 10.8. The van der Waals surface area contributed by atoms with E-state index >= 15 is 0 Å². The van der Waals surface area contributed by atoms with E-state index in [1.807, 2.05) is 0 Å². The minimum atomic E-state index is -0.472. The molecule has 1 N–H and O–H groups in total. The van der Waals surface area contributed by atoms with Crippen molar-refractivity contribution in [3.63, 3.8) is 0 Å². The zero-order valence-electron chi connectivity index (χ0n) is 13.7. The summed E-state index contributed by atoms with van der Waals surface area (Å²) in [5, 5.41) is 14.7. The van der Waals surface area contributed by atoms with E-state index in [9.17, 15) is 14.9 Å². The molecule has 0 aliphatic heterocycles. The van der Waals surface area contributed by atoms with Gasteiger partial charge < -0.3 is 5.32 Å². The highest BCUT2D eigenvalue weighted by Crippen LogP contribution is 2.27. The summed E-state index contributed by atoms with van der Waals surface area (Å²) in [5.74, 6) is 1.11. The van der Waals surface area contributed by atoms with Gasteiger partial charge in [-0.2, -0.15) is 11.8 Å². The molecule has 0 saturated carbocycles. The molecular weight excluding hydrogens is 395 g/mol. The van der Waals surface area contributed by atoms with Gasteiger partial charge in [0.15, 0.2) is 0 Å². The fourth-order valence-electron chi connectivity index (χ4n) is 2.06. The van der Waals surface area contributed by atoms with Crippen LogP contribution >= 0.6 is 35.0 Å². The summed E-state index contributed by atoms with van der Waals surface area (Å²) >= 11 is 13.8. The summed E-state index contributed by atoms with van der Waals surface area (Å²) in [6.45, 7) is 0.491. The van der Waals surface area contributed by atoms with E-state index in [1.54, 1.807) is 48.2 Å². The van der Waals surface area contributed by atoms with Crippen LogP contribution in [0.3, 0.4) is 0 Å². The molecule has 136 valence electrons. The Kier molecular flexibility index (Phi) is 7.97. The van der Waals surface area contributed by atoms with Crippen LogP contribution in [0.1, 0.15) is 11.1 Å². The Morgan fingerprint density at radius 2 is 1.88 bits per heavy atom. The second kappa shape index (κ2) is 10.2. The van der Waals surface area contributed by atoms with Crippen LogP contribution in [0.2, 0.25) is 10.0 Å². The lowest BCUT2D eigenvalue weighted by Gasteiger charge is -2.07. The maximum atomic E-state index is 11.8. The number of carbonyl (C=O) groups is 1. The summed E-state index contributed by atoms with van der Waals surface area (Å²) in [4.78, 5) is 22.0. The first kappa shape index (κ1) is 20.3. The Hall–Kier alpha value is -2.02. The topological polar surface area (TPSA) is 72.2 Å². The highest BCUT2D eigenvalue weighted by Gasteiger charge is 2.06. The SMILES string of the molecule is O=C(/C=C/c1cccc([N+](=O)[O-])c1)NCCSCc1c(Cl)cccc1Cl. The molecule has 0 spiro atoms. The van der Waals surface area contributed by atoms with Crippen LogP contribution in [0.15, 0.2) is 48.5 Å². The van der Waals surface area contributed by atoms with Gasteiger partial charge in [0.2, 0.25) is 5.91 Å². The number of nitro groups is 1. The maximum absolute atomic E-state index is 11.8. The minimum absolute atomic E-state index is 0.0119. The van der Waals surface area contributed by atoms with Gasteiger partial charge in [-0.3, -0.25) is 14.9 Å². The fourth-order valence-corrected chi connectivity index (χ4v) is 3.66. The fraction of sp³-hybridized carbons (Fsp3) is 0.167. The van der Waals surface area contributed by atoms with Gasteiger partial charge in [0.25, 0.3) is 5.69 Å². The number of amides is 1. The van der Waals surface area contributed by atoms with E-state index in [4.69, 9.17) is 23.2 Å². The Morgan fingerprint density at radius 3 is 2.58 bits per heavy atom. The number of benzene rings is 2. The second-order valence-electron chi connectivity index (χ2n) is 5.23. The molecule has 2 rings (SSSR count). The highest BCUT2D eigenvalue weighted by atomic mass is 35.5. The molecule has 0 atom stereocenters. The average molecular weight is 411 g/mol. The number of hydrogen-bond donors (Lipinski definition) is 1. The predicted octanol–water partition coefficient (Wildman–Crippen LogP) is 4.96. The van der Waals surface area contributed by atoms with Crippen LogP contribution in [0, 0.1) is 10.1 Å². The molecule has 0 aromatic heterocycles. The Balaban J connectivity index is 1.74. The molecule has 0 aliphatic carbocycles. The van der Waals surface area contributed by atoms with Gasteiger partial charge >= 0.3 is 0 Å². The number of nitrogens with zero attached hydrogens (tertiary/aromatic N) is 1. The predicted molar refractivity (Wildman–Crippen MR) is 108 cm³/mol. The van der Waals surface area contributed by atoms with Crippen LogP contribution in [0.4, 0.5) is 5.69 Å². The molecule has 0 bridgehead atoms. The van der Waals surface area contributed by atoms with Crippen molar-refractivity contribution in [2.45, 2.75) is 5.75 Å². The van der Waals surface area contributed by atoms with Gasteiger partial charge in [-0.25, -0.2) is 0 Å². The number of thioether (sulfide) groups is 1. The van der Waals surface area contributed by atoms with Crippen molar-refractivity contribution in [1.29, 1.82) is 0 Å². The number of nitro benzene ring substituents is 1. The summed E-state index contributed by atoms with van der Waals surface area (Å²) in [7, 11) is 0. The van der Waals surface area contributed by atoms with E-state index in [-0.39, 0.29) is 11.6 Å². The second-order valence-corrected chi connectivity index (χ2v) is 7.15. The smallest absolute Gasteiger partial charge is 0.270 e. The molecule has 0 radical (unpaired) electrons. The lowest BCUT2D eigenvalue weighted by atomic mass is 10.2. The van der Waals surface area contributed by atoms with Gasteiger partial charge in [0.05, 0.1) is 4.92 Å². The quantitative estimate of drug-likeness (QED) is 0.288. The number of hydrogen-bond acceptors (Lipinski definition) is 4. The van der Waals surface area contributed by atoms with Crippen molar-refractivity contribution in [1.82, 2.24) is 5.32 Å². The van der Waals surface area contributed by atoms with Gasteiger partial charge in [0, 0.05) is 46.3 Å². The zero-order chi connectivity index (χ0) is 18.9. The Bertz CT molecular complexity index is 808. The summed E-state index contributed by atoms with van der Waals surface area (Å²) in [6, 6.07) is 11.5. The minimum Gasteiger partial charge on any atom is -0.352 e. The van der Waals surface area contributed by atoms with Crippen molar-refractivity contribution in [3.8, 4) is 0 Å². The van der Waals surface area contributed by atoms with Crippen molar-refractivity contribution < 1.29 is 9.72 Å². The third-order valence-corrected chi connectivity index (χ3v) is 5.06. The number of carbonyl (C=O) groups excluding carboxylic acids is 1. The largest absolute Gasteiger partial charge is 0.352 e. The number of halogens is 2. The van der Waals surface area contributed by atoms with Crippen molar-refractivity contribution in [2.75, 3.05) is 12.3 Å². The van der Waals surface area contributed by atoms with E-state index < -0.39 is 4.92 Å². The standard InChI is InChI=1S/C18H16Cl2N2O3S/c19-16-5-2-6-17(20)15(16)12-26-10-9-21-18(23)8-7-13-3-1-4-14(11-13)22(24)25/h1-8,11H,9-10,12H2,(H,21,23)/b8-7+. The number of non-ortho nitro benzene ring substituents is 1. The lowest BCUT2D eigenvalue weighted by Crippen LogP contribution is -2.23. The third-order valence-electron chi connectivity index (χ3n) is 3.36. The Labute approximate surface area is 165 Å². The first-order valence-corrected chi connectivity index (χ1v) is 9.59. The summed E-state index contributed by atoms with van der Waals surface area (Å²) < 4.78 is 0. The summed E-state index contributed by atoms with van der Waals surface area (Å²) in [5.41, 5.74) is 1.47. The van der Waals surface area contributed by atoms with Gasteiger partial charge in [-0.15, -0.1) is 0 Å². The number of nitrogens with one attached hydrogen (secondary N) is 1. The molecule has 5 nitrogen and oxygen atoms in total. The Morgan fingerprint density at radius 1 is 1.19 bits per heavy atom. The van der Waals surface area contributed by atoms with Crippen LogP contribution in [-0.4, -0.2) is 23.1 Å². The summed E-state index contributed by atoms with van der Waals surface area (Å²) in [6.07, 6.45) is 2.90. The third kappa shape index (κ3) is 6.37. The molecule has 8 heteroatoms. The molecule has 26 heavy (non-hydrogen) atoms. The monoisotopic (exact) mass is 410 g/mol. The zero-order valence-corrected chi connectivity index (χ0v) is 16.0. The maximum Gasteiger partial charge on any atom is 0.270 e. The molecule has 0 aliphatic rings. The van der Waals surface area contributed by atoms with E-state index in [1.165, 1.54) is 18.2 Å². The van der Waals surface area contributed by atoms with E-state index in [2.05, 4.69) is 5.32 Å². The molecule has 1 amide bonds. The van der Waals surface area contributed by atoms with E-state index in [0.717, 1.165) is 5.56 Å². The van der Waals surface area contributed by atoms with Crippen LogP contribution in [0.5, 0.6) is 0 Å². The average Bonchev–Trinajstić information content (AvgIpc) is 2.62. The van der Waals surface area contributed by atoms with Gasteiger partial charge in [-0.05, 0) is 29.3 Å². The molecule has 2 aromatic carbocycles. The molecule has 2 aromatic rings. The van der Waals surface area contributed by atoms with E-state index in [0.29, 0.717) is 33.7 Å². The first-order chi connectivity index (χ1) is 12.5. The van der Waals surface area contributed by atoms with Crippen LogP contribution < -0.4 is 5.32 Å². The van der Waals surface area contributed by atoms with Gasteiger partial charge in [0.1, 0.15) is 0 Å². The first-order valence-electron chi connectivity index (χ1n) is 7.68.